The van der Waals surface area contributed by atoms with Crippen molar-refractivity contribution in [2.75, 3.05) is 18.0 Å². The van der Waals surface area contributed by atoms with E-state index in [1.807, 2.05) is 45.9 Å². The van der Waals surface area contributed by atoms with Crippen molar-refractivity contribution in [3.8, 4) is 0 Å². The van der Waals surface area contributed by atoms with Crippen molar-refractivity contribution in [1.82, 2.24) is 15.0 Å². The summed E-state index contributed by atoms with van der Waals surface area (Å²) in [4.78, 5) is 15.0. The van der Waals surface area contributed by atoms with Gasteiger partial charge in [-0.1, -0.05) is 6.07 Å². The summed E-state index contributed by atoms with van der Waals surface area (Å²) in [5, 5.41) is 0. The molecular weight excluding hydrogens is 398 g/mol. The molecule has 9 heteroatoms. The lowest BCUT2D eigenvalue weighted by atomic mass is 9.79. The molecule has 2 fully saturated rings. The van der Waals surface area contributed by atoms with Crippen molar-refractivity contribution < 1.29 is 18.1 Å². The van der Waals surface area contributed by atoms with E-state index in [1.165, 1.54) is 12.4 Å². The fourth-order valence-corrected chi connectivity index (χ4v) is 4.06. The quantitative estimate of drug-likeness (QED) is 0.597. The van der Waals surface area contributed by atoms with Gasteiger partial charge in [0.2, 0.25) is 5.95 Å². The summed E-state index contributed by atoms with van der Waals surface area (Å²) in [6.45, 7) is 9.72. The number of aromatic nitrogens is 3. The number of hydrogen-bond acceptors (Lipinski definition) is 7. The summed E-state index contributed by atoms with van der Waals surface area (Å²) < 4.78 is 31.5. The molecule has 2 aliphatic rings. The molecular formula is C22H26BFN4O3. The maximum atomic E-state index is 13.1. The van der Waals surface area contributed by atoms with Crippen LogP contribution in [0.2, 0.25) is 0 Å². The topological polar surface area (TPSA) is 73.5 Å². The summed E-state index contributed by atoms with van der Waals surface area (Å²) in [6.07, 6.45) is 4.15. The molecule has 0 amide bonds. The lowest BCUT2D eigenvalue weighted by molar-refractivity contribution is 0.00578. The standard InChI is InChI=1S/C22H26BFN4O3/c1-21(2)22(3,4)31-23(30-21)15-5-6-18-17(11-15)27-19(29-18)14-7-9-28(10-8-14)20-25-12-16(24)13-26-20/h5-6,11-14H,7-10H2,1-4H3. The molecule has 162 valence electrons. The maximum absolute atomic E-state index is 13.1. The first-order valence-corrected chi connectivity index (χ1v) is 10.7. The molecule has 2 aromatic heterocycles. The van der Waals surface area contributed by atoms with Crippen LogP contribution in [-0.2, 0) is 9.31 Å². The van der Waals surface area contributed by atoms with Crippen molar-refractivity contribution in [2.45, 2.75) is 57.7 Å². The highest BCUT2D eigenvalue weighted by Gasteiger charge is 2.51. The molecule has 5 rings (SSSR count). The molecule has 0 radical (unpaired) electrons. The van der Waals surface area contributed by atoms with E-state index in [0.717, 1.165) is 48.4 Å². The third-order valence-electron chi connectivity index (χ3n) is 6.69. The van der Waals surface area contributed by atoms with Gasteiger partial charge >= 0.3 is 7.12 Å². The van der Waals surface area contributed by atoms with Crippen molar-refractivity contribution >= 4 is 29.6 Å². The summed E-state index contributed by atoms with van der Waals surface area (Å²) >= 11 is 0. The Morgan fingerprint density at radius 2 is 1.68 bits per heavy atom. The summed E-state index contributed by atoms with van der Waals surface area (Å²) in [6, 6.07) is 5.91. The summed E-state index contributed by atoms with van der Waals surface area (Å²) in [5.41, 5.74) is 1.74. The van der Waals surface area contributed by atoms with Gasteiger partial charge in [0, 0.05) is 19.0 Å². The van der Waals surface area contributed by atoms with E-state index < -0.39 is 12.9 Å². The molecule has 3 aromatic rings. The minimum absolute atomic E-state index is 0.226. The maximum Gasteiger partial charge on any atom is 0.494 e. The second kappa shape index (κ2) is 7.27. The van der Waals surface area contributed by atoms with Gasteiger partial charge in [0.05, 0.1) is 23.6 Å². The van der Waals surface area contributed by atoms with Crippen molar-refractivity contribution in [3.63, 3.8) is 0 Å². The lowest BCUT2D eigenvalue weighted by Gasteiger charge is -2.32. The zero-order chi connectivity index (χ0) is 21.8. The normalized spacial score (nSPS) is 21.2. The Hall–Kier alpha value is -2.52. The number of rotatable bonds is 3. The molecule has 0 N–H and O–H groups in total. The minimum atomic E-state index is -0.426. The van der Waals surface area contributed by atoms with Gasteiger partial charge in [-0.15, -0.1) is 0 Å². The van der Waals surface area contributed by atoms with Gasteiger partial charge in [0.25, 0.3) is 0 Å². The molecule has 7 nitrogen and oxygen atoms in total. The van der Waals surface area contributed by atoms with E-state index in [2.05, 4.69) is 14.9 Å². The van der Waals surface area contributed by atoms with Crippen LogP contribution in [-0.4, -0.2) is 46.4 Å². The number of piperidine rings is 1. The first kappa shape index (κ1) is 20.4. The number of anilines is 1. The van der Waals surface area contributed by atoms with E-state index in [-0.39, 0.29) is 17.1 Å². The van der Waals surface area contributed by atoms with Crippen LogP contribution in [0.4, 0.5) is 10.3 Å². The van der Waals surface area contributed by atoms with Gasteiger partial charge < -0.3 is 18.6 Å². The monoisotopic (exact) mass is 424 g/mol. The van der Waals surface area contributed by atoms with Crippen molar-refractivity contribution in [1.29, 1.82) is 0 Å². The number of oxazole rings is 1. The van der Waals surface area contributed by atoms with Crippen LogP contribution in [0.5, 0.6) is 0 Å². The van der Waals surface area contributed by atoms with Gasteiger partial charge in [-0.2, -0.15) is 0 Å². The number of halogens is 1. The molecule has 0 spiro atoms. The number of nitrogens with zero attached hydrogens (tertiary/aromatic N) is 4. The molecule has 31 heavy (non-hydrogen) atoms. The highest BCUT2D eigenvalue weighted by atomic mass is 19.1. The fourth-order valence-electron chi connectivity index (χ4n) is 4.06. The fraction of sp³-hybridized carbons (Fsp3) is 0.500. The highest BCUT2D eigenvalue weighted by molar-refractivity contribution is 6.62. The van der Waals surface area contributed by atoms with E-state index >= 15 is 0 Å². The van der Waals surface area contributed by atoms with Gasteiger partial charge in [-0.05, 0) is 58.1 Å². The zero-order valence-corrected chi connectivity index (χ0v) is 18.3. The zero-order valence-electron chi connectivity index (χ0n) is 18.3. The Morgan fingerprint density at radius 3 is 2.32 bits per heavy atom. The van der Waals surface area contributed by atoms with Gasteiger partial charge in [-0.3, -0.25) is 0 Å². The molecule has 1 aromatic carbocycles. The van der Waals surface area contributed by atoms with E-state index in [9.17, 15) is 4.39 Å². The van der Waals surface area contributed by atoms with E-state index in [1.54, 1.807) is 0 Å². The van der Waals surface area contributed by atoms with Crippen LogP contribution in [0.25, 0.3) is 11.1 Å². The molecule has 2 aliphatic heterocycles. The molecule has 0 saturated carbocycles. The third kappa shape index (κ3) is 3.70. The Labute approximate surface area is 181 Å². The van der Waals surface area contributed by atoms with Crippen molar-refractivity contribution in [3.05, 3.63) is 42.3 Å². The molecule has 0 bridgehead atoms. The second-order valence-corrected chi connectivity index (χ2v) is 9.33. The average Bonchev–Trinajstić information content (AvgIpc) is 3.26. The Kier molecular flexibility index (Phi) is 4.78. The predicted molar refractivity (Wildman–Crippen MR) is 116 cm³/mol. The number of fused-ring (bicyclic) bond motifs is 1. The molecule has 0 atom stereocenters. The van der Waals surface area contributed by atoms with Gasteiger partial charge in [-0.25, -0.2) is 19.3 Å². The predicted octanol–water partition coefficient (Wildman–Crippen LogP) is 3.44. The number of hydrogen-bond donors (Lipinski definition) is 0. The van der Waals surface area contributed by atoms with Gasteiger partial charge in [0.15, 0.2) is 17.3 Å². The first-order valence-electron chi connectivity index (χ1n) is 10.7. The van der Waals surface area contributed by atoms with Crippen LogP contribution < -0.4 is 10.4 Å². The second-order valence-electron chi connectivity index (χ2n) is 9.33. The average molecular weight is 424 g/mol. The Morgan fingerprint density at radius 1 is 1.03 bits per heavy atom. The van der Waals surface area contributed by atoms with E-state index in [0.29, 0.717) is 5.95 Å². The Balaban J connectivity index is 1.30. The van der Waals surface area contributed by atoms with Crippen LogP contribution in [0.1, 0.15) is 52.3 Å². The molecule has 0 unspecified atom stereocenters. The Bertz CT molecular complexity index is 1080. The molecule has 4 heterocycles. The van der Waals surface area contributed by atoms with E-state index in [4.69, 9.17) is 18.7 Å². The molecule has 0 aliphatic carbocycles. The van der Waals surface area contributed by atoms with Crippen LogP contribution >= 0.6 is 0 Å². The molecule has 2 saturated heterocycles. The summed E-state index contributed by atoms with van der Waals surface area (Å²) in [7, 11) is -0.423. The largest absolute Gasteiger partial charge is 0.494 e. The highest BCUT2D eigenvalue weighted by Crippen LogP contribution is 2.37. The van der Waals surface area contributed by atoms with Crippen LogP contribution in [0.3, 0.4) is 0 Å². The van der Waals surface area contributed by atoms with Gasteiger partial charge in [0.1, 0.15) is 5.52 Å². The SMILES string of the molecule is CC1(C)OB(c2ccc3oc(C4CCN(c5ncc(F)cn5)CC4)nc3c2)OC1(C)C. The summed E-state index contributed by atoms with van der Waals surface area (Å²) in [5.74, 6) is 1.11. The first-order chi connectivity index (χ1) is 14.7. The lowest BCUT2D eigenvalue weighted by Crippen LogP contribution is -2.41. The minimum Gasteiger partial charge on any atom is -0.440 e. The smallest absolute Gasteiger partial charge is 0.440 e. The van der Waals surface area contributed by atoms with Crippen molar-refractivity contribution in [2.24, 2.45) is 0 Å². The number of benzene rings is 1. The van der Waals surface area contributed by atoms with Crippen LogP contribution in [0, 0.1) is 5.82 Å². The third-order valence-corrected chi connectivity index (χ3v) is 6.69. The van der Waals surface area contributed by atoms with Crippen LogP contribution in [0.15, 0.2) is 35.0 Å².